The van der Waals surface area contributed by atoms with Crippen LogP contribution < -0.4 is 5.32 Å². The number of carbonyl (C=O) groups excluding carboxylic acids is 1. The van der Waals surface area contributed by atoms with Gasteiger partial charge in [0.1, 0.15) is 6.04 Å². The number of aliphatic hydroxyl groups is 1. The first kappa shape index (κ1) is 13.9. The zero-order chi connectivity index (χ0) is 12.7. The molecule has 0 aromatic rings. The van der Waals surface area contributed by atoms with Crippen molar-refractivity contribution in [1.82, 2.24) is 5.32 Å². The lowest BCUT2D eigenvalue weighted by molar-refractivity contribution is -0.142. The highest BCUT2D eigenvalue weighted by Crippen LogP contribution is 2.16. The quantitative estimate of drug-likeness (QED) is 0.582. The van der Waals surface area contributed by atoms with E-state index in [2.05, 4.69) is 5.32 Å². The molecule has 6 heteroatoms. The summed E-state index contributed by atoms with van der Waals surface area (Å²) >= 11 is 0. The Morgan fingerprint density at radius 1 is 1.47 bits per heavy atom. The van der Waals surface area contributed by atoms with Crippen LogP contribution in [0.1, 0.15) is 32.1 Å². The standard InChI is InChI=1S/C11H19NO5/c13-6-5-9(11(15)16)12-10(14)4-3-8-2-1-7-17-8/h8-9,13H,1-7H2,(H,12,14)(H,15,16)/t8?,9-/m0/s1. The van der Waals surface area contributed by atoms with Gasteiger partial charge in [-0.05, 0) is 19.3 Å². The summed E-state index contributed by atoms with van der Waals surface area (Å²) in [6, 6.07) is -1.00. The maximum Gasteiger partial charge on any atom is 0.326 e. The second-order valence-electron chi connectivity index (χ2n) is 4.14. The number of aliphatic hydroxyl groups excluding tert-OH is 1. The van der Waals surface area contributed by atoms with Crippen LogP contribution in [0.2, 0.25) is 0 Å². The predicted molar refractivity (Wildman–Crippen MR) is 59.5 cm³/mol. The summed E-state index contributed by atoms with van der Waals surface area (Å²) in [5.41, 5.74) is 0. The molecule has 1 rings (SSSR count). The fourth-order valence-electron chi connectivity index (χ4n) is 1.82. The molecule has 0 aromatic carbocycles. The fourth-order valence-corrected chi connectivity index (χ4v) is 1.82. The Balaban J connectivity index is 2.23. The number of hydrogen-bond donors (Lipinski definition) is 3. The van der Waals surface area contributed by atoms with Crippen molar-refractivity contribution in [2.24, 2.45) is 0 Å². The first-order chi connectivity index (χ1) is 8.13. The molecule has 3 N–H and O–H groups in total. The molecule has 6 nitrogen and oxygen atoms in total. The van der Waals surface area contributed by atoms with Crippen LogP contribution in [0.4, 0.5) is 0 Å². The van der Waals surface area contributed by atoms with E-state index >= 15 is 0 Å². The van der Waals surface area contributed by atoms with Crippen molar-refractivity contribution in [3.05, 3.63) is 0 Å². The number of rotatable bonds is 7. The molecule has 1 fully saturated rings. The summed E-state index contributed by atoms with van der Waals surface area (Å²) < 4.78 is 5.37. The van der Waals surface area contributed by atoms with Crippen LogP contribution in [0, 0.1) is 0 Å². The summed E-state index contributed by atoms with van der Waals surface area (Å²) in [5.74, 6) is -1.43. The summed E-state index contributed by atoms with van der Waals surface area (Å²) in [5, 5.41) is 19.8. The molecule has 1 amide bonds. The van der Waals surface area contributed by atoms with Gasteiger partial charge >= 0.3 is 5.97 Å². The minimum absolute atomic E-state index is 0.0288. The molecule has 0 aromatic heterocycles. The second-order valence-corrected chi connectivity index (χ2v) is 4.14. The highest BCUT2D eigenvalue weighted by molar-refractivity contribution is 5.83. The third-order valence-electron chi connectivity index (χ3n) is 2.77. The number of carboxylic acids is 1. The average Bonchev–Trinajstić information content (AvgIpc) is 2.78. The number of aliphatic carboxylic acids is 1. The van der Waals surface area contributed by atoms with Gasteiger partial charge in [-0.1, -0.05) is 0 Å². The van der Waals surface area contributed by atoms with Crippen molar-refractivity contribution in [1.29, 1.82) is 0 Å². The minimum Gasteiger partial charge on any atom is -0.480 e. The van der Waals surface area contributed by atoms with Crippen molar-refractivity contribution in [3.8, 4) is 0 Å². The van der Waals surface area contributed by atoms with Gasteiger partial charge in [0.2, 0.25) is 5.91 Å². The van der Waals surface area contributed by atoms with Crippen LogP contribution in [0.25, 0.3) is 0 Å². The lowest BCUT2D eigenvalue weighted by atomic mass is 10.1. The number of carbonyl (C=O) groups is 2. The number of carboxylic acid groups (broad SMARTS) is 1. The molecular weight excluding hydrogens is 226 g/mol. The zero-order valence-corrected chi connectivity index (χ0v) is 9.72. The largest absolute Gasteiger partial charge is 0.480 e. The van der Waals surface area contributed by atoms with Crippen LogP contribution in [0.5, 0.6) is 0 Å². The zero-order valence-electron chi connectivity index (χ0n) is 9.72. The van der Waals surface area contributed by atoms with Crippen molar-refractivity contribution in [2.45, 2.75) is 44.2 Å². The first-order valence-electron chi connectivity index (χ1n) is 5.88. The summed E-state index contributed by atoms with van der Waals surface area (Å²) in [4.78, 5) is 22.2. The van der Waals surface area contributed by atoms with E-state index < -0.39 is 12.0 Å². The molecular formula is C11H19NO5. The molecule has 0 spiro atoms. The molecule has 0 bridgehead atoms. The van der Waals surface area contributed by atoms with Crippen LogP contribution in [0.3, 0.4) is 0 Å². The normalized spacial score (nSPS) is 21.1. The van der Waals surface area contributed by atoms with Gasteiger partial charge in [0.05, 0.1) is 6.10 Å². The SMILES string of the molecule is O=C(CCC1CCCO1)N[C@@H](CCO)C(=O)O. The highest BCUT2D eigenvalue weighted by atomic mass is 16.5. The minimum atomic E-state index is -1.12. The van der Waals surface area contributed by atoms with E-state index in [-0.39, 0.29) is 31.5 Å². The smallest absolute Gasteiger partial charge is 0.326 e. The van der Waals surface area contributed by atoms with E-state index in [0.717, 1.165) is 19.4 Å². The Morgan fingerprint density at radius 2 is 2.24 bits per heavy atom. The van der Waals surface area contributed by atoms with Crippen LogP contribution in [-0.2, 0) is 14.3 Å². The monoisotopic (exact) mass is 245 g/mol. The van der Waals surface area contributed by atoms with Crippen LogP contribution in [0.15, 0.2) is 0 Å². The molecule has 1 saturated heterocycles. The Morgan fingerprint density at radius 3 is 2.76 bits per heavy atom. The Kier molecular flexibility index (Phi) is 5.93. The van der Waals surface area contributed by atoms with Gasteiger partial charge in [0.25, 0.3) is 0 Å². The second kappa shape index (κ2) is 7.24. The lowest BCUT2D eigenvalue weighted by Crippen LogP contribution is -2.41. The maximum absolute atomic E-state index is 11.5. The van der Waals surface area contributed by atoms with Gasteiger partial charge in [-0.25, -0.2) is 4.79 Å². The Hall–Kier alpha value is -1.14. The number of hydrogen-bond acceptors (Lipinski definition) is 4. The van der Waals surface area contributed by atoms with E-state index in [0.29, 0.717) is 6.42 Å². The molecule has 2 atom stereocenters. The molecule has 1 unspecified atom stereocenters. The van der Waals surface area contributed by atoms with Gasteiger partial charge in [0.15, 0.2) is 0 Å². The molecule has 98 valence electrons. The van der Waals surface area contributed by atoms with Crippen LogP contribution >= 0.6 is 0 Å². The highest BCUT2D eigenvalue weighted by Gasteiger charge is 2.21. The molecule has 0 aliphatic carbocycles. The van der Waals surface area contributed by atoms with Crippen molar-refractivity contribution in [3.63, 3.8) is 0 Å². The van der Waals surface area contributed by atoms with Crippen LogP contribution in [-0.4, -0.2) is 47.4 Å². The summed E-state index contributed by atoms with van der Waals surface area (Å²) in [6.07, 6.45) is 3.03. The van der Waals surface area contributed by atoms with E-state index in [9.17, 15) is 9.59 Å². The maximum atomic E-state index is 11.5. The van der Waals surface area contributed by atoms with Gasteiger partial charge in [-0.15, -0.1) is 0 Å². The molecule has 1 aliphatic heterocycles. The fraction of sp³-hybridized carbons (Fsp3) is 0.818. The number of amides is 1. The van der Waals surface area contributed by atoms with Gasteiger partial charge in [-0.3, -0.25) is 4.79 Å². The lowest BCUT2D eigenvalue weighted by Gasteiger charge is -2.14. The van der Waals surface area contributed by atoms with E-state index in [4.69, 9.17) is 14.9 Å². The van der Waals surface area contributed by atoms with Crippen molar-refractivity contribution < 1.29 is 24.5 Å². The number of ether oxygens (including phenoxy) is 1. The van der Waals surface area contributed by atoms with E-state index in [1.165, 1.54) is 0 Å². The molecule has 0 radical (unpaired) electrons. The van der Waals surface area contributed by atoms with E-state index in [1.807, 2.05) is 0 Å². The summed E-state index contributed by atoms with van der Waals surface area (Å²) in [7, 11) is 0. The predicted octanol–water partition coefficient (Wildman–Crippen LogP) is -0.103. The van der Waals surface area contributed by atoms with Gasteiger partial charge in [-0.2, -0.15) is 0 Å². The average molecular weight is 245 g/mol. The van der Waals surface area contributed by atoms with E-state index in [1.54, 1.807) is 0 Å². The van der Waals surface area contributed by atoms with Gasteiger partial charge < -0.3 is 20.3 Å². The number of nitrogens with one attached hydrogen (secondary N) is 1. The summed E-state index contributed by atoms with van der Waals surface area (Å²) in [6.45, 7) is 0.484. The molecule has 1 heterocycles. The Bertz CT molecular complexity index is 263. The van der Waals surface area contributed by atoms with Crippen molar-refractivity contribution in [2.75, 3.05) is 13.2 Å². The molecule has 0 saturated carbocycles. The first-order valence-corrected chi connectivity index (χ1v) is 5.88. The topological polar surface area (TPSA) is 95.9 Å². The van der Waals surface area contributed by atoms with Gasteiger partial charge in [0, 0.05) is 26.1 Å². The Labute approximate surface area is 100.0 Å². The van der Waals surface area contributed by atoms with Crippen molar-refractivity contribution >= 4 is 11.9 Å². The third kappa shape index (κ3) is 5.14. The third-order valence-corrected chi connectivity index (χ3v) is 2.77. The molecule has 17 heavy (non-hydrogen) atoms. The molecule has 1 aliphatic rings.